The monoisotopic (exact) mass is 406 g/mol. The fourth-order valence-corrected chi connectivity index (χ4v) is 3.18. The fraction of sp³-hybridized carbons (Fsp3) is 0. The van der Waals surface area contributed by atoms with E-state index in [1.54, 1.807) is 6.07 Å². The van der Waals surface area contributed by atoms with Crippen LogP contribution < -0.4 is 5.32 Å². The van der Waals surface area contributed by atoms with Crippen LogP contribution in [0.25, 0.3) is 27.8 Å². The van der Waals surface area contributed by atoms with E-state index in [4.69, 9.17) is 0 Å². The van der Waals surface area contributed by atoms with Crippen molar-refractivity contribution < 1.29 is 18.7 Å². The van der Waals surface area contributed by atoms with Crippen molar-refractivity contribution in [3.63, 3.8) is 0 Å². The van der Waals surface area contributed by atoms with Crippen molar-refractivity contribution in [3.05, 3.63) is 72.1 Å². The number of rotatable bonds is 3. The first kappa shape index (κ1) is 17.7. The zero-order valence-electron chi connectivity index (χ0n) is 15.1. The largest absolute Gasteiger partial charge is 0.506 e. The van der Waals surface area contributed by atoms with Crippen LogP contribution in [0.2, 0.25) is 0 Å². The Hall–Kier alpha value is -4.34. The molecule has 0 atom stereocenters. The standard InChI is InChI=1S/C20H12F2N6O2/c21-14-4-2-1-3-11(14)20(30)25-19-12-7-15(22)17(24-18(12)26-27-19)13-8-23-28-9-10(29)5-6-16(13)28/h1-9,29H,(H2,24,25,26,27,30). The summed E-state index contributed by atoms with van der Waals surface area (Å²) in [6.07, 6.45) is 2.82. The van der Waals surface area contributed by atoms with Crippen molar-refractivity contribution in [1.82, 2.24) is 24.8 Å². The molecule has 148 valence electrons. The third-order valence-electron chi connectivity index (χ3n) is 4.61. The molecule has 0 spiro atoms. The van der Waals surface area contributed by atoms with Crippen LogP contribution in [0.1, 0.15) is 10.4 Å². The molecule has 0 unspecified atom stereocenters. The Labute approximate surface area is 166 Å². The molecule has 0 aliphatic heterocycles. The second-order valence-corrected chi connectivity index (χ2v) is 6.50. The molecule has 0 fully saturated rings. The van der Waals surface area contributed by atoms with Gasteiger partial charge in [-0.1, -0.05) is 12.1 Å². The number of nitrogens with zero attached hydrogens (tertiary/aromatic N) is 4. The number of halogens is 2. The molecule has 1 aromatic carbocycles. The van der Waals surface area contributed by atoms with Gasteiger partial charge in [-0.25, -0.2) is 18.3 Å². The molecule has 0 aliphatic carbocycles. The Bertz CT molecular complexity index is 1440. The third kappa shape index (κ3) is 2.82. The molecular formula is C20H12F2N6O2. The molecular weight excluding hydrogens is 394 g/mol. The van der Waals surface area contributed by atoms with Gasteiger partial charge in [0, 0.05) is 5.56 Å². The maximum Gasteiger partial charge on any atom is 0.259 e. The summed E-state index contributed by atoms with van der Waals surface area (Å²) in [5, 5.41) is 23.0. The van der Waals surface area contributed by atoms with Gasteiger partial charge in [0.2, 0.25) is 0 Å². The number of H-pyrrole nitrogens is 1. The van der Waals surface area contributed by atoms with E-state index in [1.807, 2.05) is 0 Å². The molecule has 3 N–H and O–H groups in total. The van der Waals surface area contributed by atoms with E-state index in [2.05, 4.69) is 25.6 Å². The molecule has 0 bridgehead atoms. The molecule has 0 saturated carbocycles. The number of nitrogens with one attached hydrogen (secondary N) is 2. The van der Waals surface area contributed by atoms with Crippen LogP contribution in [-0.4, -0.2) is 35.8 Å². The maximum atomic E-state index is 14.9. The van der Waals surface area contributed by atoms with Gasteiger partial charge >= 0.3 is 0 Å². The van der Waals surface area contributed by atoms with Crippen LogP contribution in [0.4, 0.5) is 14.6 Å². The normalized spacial score (nSPS) is 11.3. The predicted molar refractivity (Wildman–Crippen MR) is 104 cm³/mol. The number of benzene rings is 1. The van der Waals surface area contributed by atoms with Crippen LogP contribution in [-0.2, 0) is 0 Å². The molecule has 5 aromatic rings. The Morgan fingerprint density at radius 1 is 1.13 bits per heavy atom. The van der Waals surface area contributed by atoms with E-state index < -0.39 is 17.5 Å². The van der Waals surface area contributed by atoms with E-state index in [9.17, 15) is 18.7 Å². The molecule has 4 aromatic heterocycles. The van der Waals surface area contributed by atoms with Gasteiger partial charge < -0.3 is 10.4 Å². The summed E-state index contributed by atoms with van der Waals surface area (Å²) in [6, 6.07) is 9.74. The second-order valence-electron chi connectivity index (χ2n) is 6.50. The third-order valence-corrected chi connectivity index (χ3v) is 4.61. The van der Waals surface area contributed by atoms with Gasteiger partial charge in [-0.3, -0.25) is 9.89 Å². The van der Waals surface area contributed by atoms with Gasteiger partial charge in [0.05, 0.1) is 28.9 Å². The molecule has 0 radical (unpaired) electrons. The van der Waals surface area contributed by atoms with Crippen molar-refractivity contribution in [1.29, 1.82) is 0 Å². The Morgan fingerprint density at radius 3 is 2.80 bits per heavy atom. The molecule has 8 nitrogen and oxygen atoms in total. The van der Waals surface area contributed by atoms with Crippen molar-refractivity contribution in [2.75, 3.05) is 5.32 Å². The highest BCUT2D eigenvalue weighted by molar-refractivity contribution is 6.07. The first-order valence-corrected chi connectivity index (χ1v) is 8.78. The average molecular weight is 406 g/mol. The highest BCUT2D eigenvalue weighted by atomic mass is 19.1. The second kappa shape index (κ2) is 6.62. The summed E-state index contributed by atoms with van der Waals surface area (Å²) >= 11 is 0. The number of aromatic amines is 1. The summed E-state index contributed by atoms with van der Waals surface area (Å²) in [6.45, 7) is 0. The number of carbonyl (C=O) groups excluding carboxylic acids is 1. The maximum absolute atomic E-state index is 14.9. The minimum Gasteiger partial charge on any atom is -0.506 e. The van der Waals surface area contributed by atoms with Gasteiger partial charge in [-0.2, -0.15) is 10.2 Å². The minimum absolute atomic E-state index is 0.0184. The number of aromatic nitrogens is 5. The lowest BCUT2D eigenvalue weighted by Crippen LogP contribution is -2.14. The number of hydrogen-bond donors (Lipinski definition) is 3. The molecule has 30 heavy (non-hydrogen) atoms. The van der Waals surface area contributed by atoms with E-state index >= 15 is 0 Å². The number of anilines is 1. The van der Waals surface area contributed by atoms with Crippen LogP contribution in [0.3, 0.4) is 0 Å². The Kier molecular flexibility index (Phi) is 3.91. The summed E-state index contributed by atoms with van der Waals surface area (Å²) in [7, 11) is 0. The van der Waals surface area contributed by atoms with E-state index in [-0.39, 0.29) is 33.9 Å². The smallest absolute Gasteiger partial charge is 0.259 e. The first-order chi connectivity index (χ1) is 14.5. The van der Waals surface area contributed by atoms with Crippen LogP contribution in [0.15, 0.2) is 54.9 Å². The van der Waals surface area contributed by atoms with Crippen molar-refractivity contribution in [2.45, 2.75) is 0 Å². The van der Waals surface area contributed by atoms with E-state index in [0.29, 0.717) is 11.1 Å². The summed E-state index contributed by atoms with van der Waals surface area (Å²) in [5.74, 6) is -2.01. The Morgan fingerprint density at radius 2 is 1.97 bits per heavy atom. The van der Waals surface area contributed by atoms with Crippen LogP contribution in [0.5, 0.6) is 5.75 Å². The number of amides is 1. The van der Waals surface area contributed by atoms with E-state index in [1.165, 1.54) is 53.3 Å². The molecule has 1 amide bonds. The SMILES string of the molecule is O=C(Nc1n[nH]c2nc(-c3cnn4cc(O)ccc34)c(F)cc12)c1ccccc1F. The molecule has 0 saturated heterocycles. The van der Waals surface area contributed by atoms with Crippen LogP contribution >= 0.6 is 0 Å². The summed E-state index contributed by atoms with van der Waals surface area (Å²) in [5.41, 5.74) is 1.06. The van der Waals surface area contributed by atoms with Crippen molar-refractivity contribution in [3.8, 4) is 17.0 Å². The average Bonchev–Trinajstić information content (AvgIpc) is 3.31. The minimum atomic E-state index is -0.714. The highest BCUT2D eigenvalue weighted by Crippen LogP contribution is 2.30. The Balaban J connectivity index is 1.55. The van der Waals surface area contributed by atoms with Gasteiger partial charge in [-0.05, 0) is 30.3 Å². The van der Waals surface area contributed by atoms with Crippen molar-refractivity contribution in [2.24, 2.45) is 0 Å². The molecule has 5 rings (SSSR count). The molecule has 10 heteroatoms. The fourth-order valence-electron chi connectivity index (χ4n) is 3.18. The zero-order chi connectivity index (χ0) is 20.8. The van der Waals surface area contributed by atoms with Gasteiger partial charge in [0.25, 0.3) is 5.91 Å². The van der Waals surface area contributed by atoms with Gasteiger partial charge in [0.1, 0.15) is 17.3 Å². The number of hydrogen-bond acceptors (Lipinski definition) is 5. The van der Waals surface area contributed by atoms with E-state index in [0.717, 1.165) is 0 Å². The first-order valence-electron chi connectivity index (χ1n) is 8.78. The van der Waals surface area contributed by atoms with Gasteiger partial charge in [-0.15, -0.1) is 0 Å². The number of carbonyl (C=O) groups is 1. The van der Waals surface area contributed by atoms with Crippen molar-refractivity contribution >= 4 is 28.3 Å². The molecule has 0 aliphatic rings. The summed E-state index contributed by atoms with van der Waals surface area (Å²) in [4.78, 5) is 16.6. The lowest BCUT2D eigenvalue weighted by Gasteiger charge is -2.05. The quantitative estimate of drug-likeness (QED) is 0.425. The number of aromatic hydroxyl groups is 1. The zero-order valence-corrected chi connectivity index (χ0v) is 15.1. The topological polar surface area (TPSA) is 108 Å². The lowest BCUT2D eigenvalue weighted by atomic mass is 10.1. The summed E-state index contributed by atoms with van der Waals surface area (Å²) < 4.78 is 30.1. The predicted octanol–water partition coefficient (Wildman–Crippen LogP) is 3.51. The number of fused-ring (bicyclic) bond motifs is 2. The molecule has 4 heterocycles. The van der Waals surface area contributed by atoms with Crippen LogP contribution in [0, 0.1) is 11.6 Å². The van der Waals surface area contributed by atoms with Gasteiger partial charge in [0.15, 0.2) is 17.3 Å². The lowest BCUT2D eigenvalue weighted by molar-refractivity contribution is 0.102. The highest BCUT2D eigenvalue weighted by Gasteiger charge is 2.19. The number of pyridine rings is 2.